The highest BCUT2D eigenvalue weighted by molar-refractivity contribution is 7.12. The SMILES string of the molecule is Cc1cc(N2CC(NC(=O)CCN)C2)nc2c1c(=O)c(C(=O)OC(=O)C(F)(F)F)cn2-c1nccs1. The maximum atomic E-state index is 13.1. The monoisotopic (exact) mass is 524 g/mol. The minimum Gasteiger partial charge on any atom is -0.382 e. The standard InChI is InChI=1S/C21H19F3N6O5S/c1-10-6-13(29-7-11(8-29)27-14(31)2-3-25)28-17-15(10)16(32)12(9-30(17)20-26-4-5-36-20)18(33)35-19(34)21(22,23)24/h4-6,9,11H,2-3,7-8,25H2,1H3,(H,27,31). The number of carbonyl (C=O) groups excluding carboxylic acids is 3. The van der Waals surface area contributed by atoms with E-state index in [9.17, 15) is 32.3 Å². The second-order valence-corrected chi connectivity index (χ2v) is 8.81. The molecule has 15 heteroatoms. The van der Waals surface area contributed by atoms with Crippen molar-refractivity contribution in [2.45, 2.75) is 25.6 Å². The average molecular weight is 524 g/mol. The molecule has 190 valence electrons. The summed E-state index contributed by atoms with van der Waals surface area (Å²) >= 11 is 1.13. The number of thiazole rings is 1. The number of alkyl halides is 3. The number of halogens is 3. The smallest absolute Gasteiger partial charge is 0.382 e. The highest BCUT2D eigenvalue weighted by Crippen LogP contribution is 2.27. The summed E-state index contributed by atoms with van der Waals surface area (Å²) in [6.45, 7) is 2.73. The molecule has 1 aliphatic rings. The van der Waals surface area contributed by atoms with E-state index in [0.717, 1.165) is 17.5 Å². The third-order valence-electron chi connectivity index (χ3n) is 5.35. The molecule has 1 amide bonds. The van der Waals surface area contributed by atoms with Gasteiger partial charge >= 0.3 is 18.1 Å². The molecular formula is C21H19F3N6O5S. The number of nitrogens with two attached hydrogens (primary N) is 1. The van der Waals surface area contributed by atoms with E-state index in [2.05, 4.69) is 20.0 Å². The molecule has 3 aromatic rings. The fraction of sp³-hybridized carbons (Fsp3) is 0.333. The number of esters is 2. The lowest BCUT2D eigenvalue weighted by Gasteiger charge is -2.40. The first-order valence-electron chi connectivity index (χ1n) is 10.5. The van der Waals surface area contributed by atoms with Crippen LogP contribution in [-0.2, 0) is 14.3 Å². The molecule has 0 saturated carbocycles. The molecule has 0 radical (unpaired) electrons. The van der Waals surface area contributed by atoms with Gasteiger partial charge in [0.05, 0.1) is 11.4 Å². The second-order valence-electron chi connectivity index (χ2n) is 7.94. The average Bonchev–Trinajstić information content (AvgIpc) is 3.30. The van der Waals surface area contributed by atoms with Gasteiger partial charge in [-0.3, -0.25) is 14.2 Å². The molecular weight excluding hydrogens is 505 g/mol. The molecule has 0 bridgehead atoms. The van der Waals surface area contributed by atoms with Crippen LogP contribution in [0.4, 0.5) is 19.0 Å². The Morgan fingerprint density at radius 3 is 2.64 bits per heavy atom. The maximum Gasteiger partial charge on any atom is 0.491 e. The van der Waals surface area contributed by atoms with E-state index in [1.165, 1.54) is 10.8 Å². The van der Waals surface area contributed by atoms with Crippen molar-refractivity contribution in [3.8, 4) is 5.13 Å². The number of anilines is 1. The van der Waals surface area contributed by atoms with Crippen molar-refractivity contribution in [1.29, 1.82) is 0 Å². The van der Waals surface area contributed by atoms with Crippen LogP contribution >= 0.6 is 11.3 Å². The Hall–Kier alpha value is -3.85. The number of nitrogens with zero attached hydrogens (tertiary/aromatic N) is 4. The maximum absolute atomic E-state index is 13.1. The summed E-state index contributed by atoms with van der Waals surface area (Å²) in [7, 11) is 0. The van der Waals surface area contributed by atoms with Crippen LogP contribution in [0, 0.1) is 6.92 Å². The number of hydrogen-bond acceptors (Lipinski definition) is 10. The minimum atomic E-state index is -5.41. The number of nitrogens with one attached hydrogen (secondary N) is 1. The summed E-state index contributed by atoms with van der Waals surface area (Å²) in [5, 5.41) is 4.69. The van der Waals surface area contributed by atoms with Crippen molar-refractivity contribution in [3.05, 3.63) is 45.2 Å². The predicted octanol–water partition coefficient (Wildman–Crippen LogP) is 1.05. The van der Waals surface area contributed by atoms with Crippen molar-refractivity contribution < 1.29 is 32.3 Å². The molecule has 4 heterocycles. The molecule has 1 fully saturated rings. The van der Waals surface area contributed by atoms with Gasteiger partial charge in [-0.15, -0.1) is 11.3 Å². The lowest BCUT2D eigenvalue weighted by atomic mass is 10.1. The molecule has 0 atom stereocenters. The number of rotatable bonds is 6. The van der Waals surface area contributed by atoms with Crippen LogP contribution in [0.2, 0.25) is 0 Å². The largest absolute Gasteiger partial charge is 0.491 e. The summed E-state index contributed by atoms with van der Waals surface area (Å²) in [6.07, 6.45) is -2.79. The summed E-state index contributed by atoms with van der Waals surface area (Å²) in [6, 6.07) is 1.48. The van der Waals surface area contributed by atoms with Gasteiger partial charge in [-0.25, -0.2) is 19.6 Å². The Balaban J connectivity index is 1.73. The van der Waals surface area contributed by atoms with E-state index in [-0.39, 0.29) is 41.1 Å². The molecule has 0 unspecified atom stereocenters. The Morgan fingerprint density at radius 2 is 2.03 bits per heavy atom. The van der Waals surface area contributed by atoms with E-state index in [1.54, 1.807) is 18.4 Å². The van der Waals surface area contributed by atoms with E-state index in [1.807, 2.05) is 4.90 Å². The molecule has 3 aromatic heterocycles. The molecule has 1 saturated heterocycles. The van der Waals surface area contributed by atoms with Gasteiger partial charge in [0.15, 0.2) is 10.8 Å². The van der Waals surface area contributed by atoms with Gasteiger partial charge in [-0.2, -0.15) is 13.2 Å². The minimum absolute atomic E-state index is 0.0452. The van der Waals surface area contributed by atoms with Crippen LogP contribution < -0.4 is 21.4 Å². The second kappa shape index (κ2) is 9.66. The lowest BCUT2D eigenvalue weighted by molar-refractivity contribution is -0.193. The summed E-state index contributed by atoms with van der Waals surface area (Å²) in [4.78, 5) is 58.9. The van der Waals surface area contributed by atoms with Crippen LogP contribution in [0.25, 0.3) is 16.2 Å². The van der Waals surface area contributed by atoms with Crippen LogP contribution in [0.1, 0.15) is 22.3 Å². The molecule has 4 rings (SSSR count). The lowest BCUT2D eigenvalue weighted by Crippen LogP contribution is -2.59. The number of aryl methyl sites for hydroxylation is 1. The first-order valence-corrected chi connectivity index (χ1v) is 11.4. The van der Waals surface area contributed by atoms with Crippen molar-refractivity contribution >= 4 is 46.0 Å². The topological polar surface area (TPSA) is 150 Å². The number of pyridine rings is 2. The summed E-state index contributed by atoms with van der Waals surface area (Å²) < 4.78 is 42.9. The fourth-order valence-electron chi connectivity index (χ4n) is 3.65. The quantitative estimate of drug-likeness (QED) is 0.356. The first-order chi connectivity index (χ1) is 17.0. The Kier molecular flexibility index (Phi) is 6.77. The Labute approximate surface area is 204 Å². The third-order valence-corrected chi connectivity index (χ3v) is 6.12. The van der Waals surface area contributed by atoms with E-state index >= 15 is 0 Å². The number of aromatic nitrogens is 3. The highest BCUT2D eigenvalue weighted by atomic mass is 32.1. The van der Waals surface area contributed by atoms with Crippen molar-refractivity contribution in [3.63, 3.8) is 0 Å². The number of fused-ring (bicyclic) bond motifs is 1. The molecule has 0 aliphatic carbocycles. The third kappa shape index (κ3) is 4.92. The van der Waals surface area contributed by atoms with Gasteiger partial charge < -0.3 is 20.7 Å². The first kappa shape index (κ1) is 25.2. The zero-order valence-electron chi connectivity index (χ0n) is 18.7. The molecule has 1 aliphatic heterocycles. The molecule has 0 spiro atoms. The van der Waals surface area contributed by atoms with Gasteiger partial charge in [0, 0.05) is 43.8 Å². The van der Waals surface area contributed by atoms with Crippen molar-refractivity contribution in [1.82, 2.24) is 19.9 Å². The van der Waals surface area contributed by atoms with Crippen LogP contribution in [0.3, 0.4) is 0 Å². The van der Waals surface area contributed by atoms with E-state index in [4.69, 9.17) is 5.73 Å². The van der Waals surface area contributed by atoms with Gasteiger partial charge in [0.1, 0.15) is 11.4 Å². The van der Waals surface area contributed by atoms with Gasteiger partial charge in [0.25, 0.3) is 0 Å². The molecule has 0 aromatic carbocycles. The van der Waals surface area contributed by atoms with Gasteiger partial charge in [0.2, 0.25) is 11.3 Å². The highest BCUT2D eigenvalue weighted by Gasteiger charge is 2.43. The van der Waals surface area contributed by atoms with Gasteiger partial charge in [-0.05, 0) is 18.6 Å². The van der Waals surface area contributed by atoms with Crippen LogP contribution in [0.5, 0.6) is 0 Å². The van der Waals surface area contributed by atoms with E-state index < -0.39 is 29.1 Å². The van der Waals surface area contributed by atoms with Crippen molar-refractivity contribution in [2.75, 3.05) is 24.5 Å². The summed E-state index contributed by atoms with van der Waals surface area (Å²) in [5.74, 6) is -4.15. The zero-order valence-corrected chi connectivity index (χ0v) is 19.5. The normalized spacial score (nSPS) is 14.0. The fourth-order valence-corrected chi connectivity index (χ4v) is 4.27. The number of amides is 1. The number of ether oxygens (including phenoxy) is 1. The number of carbonyl (C=O) groups is 3. The Morgan fingerprint density at radius 1 is 1.31 bits per heavy atom. The summed E-state index contributed by atoms with van der Waals surface area (Å²) in [5.41, 5.74) is 4.16. The zero-order chi connectivity index (χ0) is 26.2. The van der Waals surface area contributed by atoms with E-state index in [0.29, 0.717) is 24.5 Å². The van der Waals surface area contributed by atoms with Crippen LogP contribution in [0.15, 0.2) is 28.6 Å². The van der Waals surface area contributed by atoms with Crippen molar-refractivity contribution in [2.24, 2.45) is 5.73 Å². The predicted molar refractivity (Wildman–Crippen MR) is 122 cm³/mol. The van der Waals surface area contributed by atoms with Gasteiger partial charge in [-0.1, -0.05) is 0 Å². The van der Waals surface area contributed by atoms with Crippen LogP contribution in [-0.4, -0.2) is 64.2 Å². The Bertz CT molecular complexity index is 1400. The number of hydrogen-bond donors (Lipinski definition) is 2. The molecule has 36 heavy (non-hydrogen) atoms. The molecule has 3 N–H and O–H groups in total. The molecule has 11 nitrogen and oxygen atoms in total.